The lowest BCUT2D eigenvalue weighted by atomic mass is 9.92. The van der Waals surface area contributed by atoms with Crippen molar-refractivity contribution in [1.82, 2.24) is 0 Å². The molecule has 0 saturated carbocycles. The molecule has 1 rings (SSSR count). The summed E-state index contributed by atoms with van der Waals surface area (Å²) >= 11 is 0. The van der Waals surface area contributed by atoms with Gasteiger partial charge < -0.3 is 20.5 Å². The third-order valence-corrected chi connectivity index (χ3v) is 3.39. The van der Waals surface area contributed by atoms with Gasteiger partial charge in [-0.2, -0.15) is 0 Å². The molecule has 0 aromatic rings. The van der Waals surface area contributed by atoms with E-state index in [1.807, 2.05) is 0 Å². The number of quaternary nitrogens is 1. The molecule has 0 aliphatic carbocycles. The van der Waals surface area contributed by atoms with Gasteiger partial charge in [-0.15, -0.1) is 0 Å². The van der Waals surface area contributed by atoms with E-state index in [1.54, 1.807) is 13.8 Å². The van der Waals surface area contributed by atoms with Crippen LogP contribution in [0, 0.1) is 5.92 Å². The number of carboxylic acids is 1. The van der Waals surface area contributed by atoms with Crippen LogP contribution in [0.1, 0.15) is 26.7 Å². The number of aliphatic carboxylic acids is 1. The molecule has 1 aliphatic heterocycles. The lowest BCUT2D eigenvalue weighted by Crippen LogP contribution is -3.22. The summed E-state index contributed by atoms with van der Waals surface area (Å²) in [7, 11) is 0. The number of hydrogen-bond acceptors (Lipinski definition) is 3. The fraction of sp³-hybridized carbons (Fsp3) is 0.800. The molecule has 0 atom stereocenters. The van der Waals surface area contributed by atoms with Crippen LogP contribution in [-0.2, 0) is 9.59 Å². The molecule has 0 spiro atoms. The van der Waals surface area contributed by atoms with Crippen LogP contribution in [0.2, 0.25) is 0 Å². The fourth-order valence-electron chi connectivity index (χ4n) is 2.02. The van der Waals surface area contributed by atoms with Crippen molar-refractivity contribution in [1.29, 1.82) is 0 Å². The maximum absolute atomic E-state index is 10.9. The Bertz CT molecular complexity index is 268. The maximum atomic E-state index is 10.9. The molecular formula is C10H18N2O3. The van der Waals surface area contributed by atoms with Crippen LogP contribution < -0.4 is 15.7 Å². The minimum absolute atomic E-state index is 0.0914. The van der Waals surface area contributed by atoms with Gasteiger partial charge in [0, 0.05) is 18.8 Å². The number of primary amides is 1. The van der Waals surface area contributed by atoms with E-state index >= 15 is 0 Å². The largest absolute Gasteiger partial charge is 0.544 e. The van der Waals surface area contributed by atoms with Gasteiger partial charge in [0.15, 0.2) is 0 Å². The van der Waals surface area contributed by atoms with Gasteiger partial charge in [-0.3, -0.25) is 4.79 Å². The molecule has 3 N–H and O–H groups in total. The monoisotopic (exact) mass is 214 g/mol. The Labute approximate surface area is 89.2 Å². The van der Waals surface area contributed by atoms with Crippen LogP contribution in [0.3, 0.4) is 0 Å². The highest BCUT2D eigenvalue weighted by Gasteiger charge is 2.36. The summed E-state index contributed by atoms with van der Waals surface area (Å²) < 4.78 is 0. The number of hydrogen-bond donors (Lipinski definition) is 2. The van der Waals surface area contributed by atoms with Crippen LogP contribution in [0.5, 0.6) is 0 Å². The highest BCUT2D eigenvalue weighted by molar-refractivity contribution is 5.76. The van der Waals surface area contributed by atoms with Gasteiger partial charge in [0.1, 0.15) is 11.5 Å². The topological polar surface area (TPSA) is 87.7 Å². The first kappa shape index (κ1) is 12.0. The predicted octanol–water partition coefficient (Wildman–Crippen LogP) is -2.70. The first-order valence-corrected chi connectivity index (χ1v) is 5.21. The second kappa shape index (κ2) is 4.18. The van der Waals surface area contributed by atoms with E-state index in [9.17, 15) is 14.7 Å². The molecule has 0 aromatic carbocycles. The molecule has 15 heavy (non-hydrogen) atoms. The summed E-state index contributed by atoms with van der Waals surface area (Å²) in [5, 5.41) is 10.9. The van der Waals surface area contributed by atoms with Crippen molar-refractivity contribution in [2.75, 3.05) is 13.1 Å². The van der Waals surface area contributed by atoms with Gasteiger partial charge in [-0.1, -0.05) is 0 Å². The van der Waals surface area contributed by atoms with Crippen molar-refractivity contribution in [2.45, 2.75) is 32.2 Å². The number of carbonyl (C=O) groups is 2. The Morgan fingerprint density at radius 2 is 1.80 bits per heavy atom. The van der Waals surface area contributed by atoms with Gasteiger partial charge in [0.05, 0.1) is 13.1 Å². The van der Waals surface area contributed by atoms with Crippen molar-refractivity contribution in [3.63, 3.8) is 0 Å². The number of carboxylic acid groups (broad SMARTS) is 1. The number of nitrogens with one attached hydrogen (secondary N) is 1. The minimum atomic E-state index is -1.05. The van der Waals surface area contributed by atoms with Crippen LogP contribution in [0.4, 0.5) is 0 Å². The SMILES string of the molecule is CC(C)(C(=O)[O-])[NH+]1CCC(C(N)=O)CC1. The molecule has 0 bridgehead atoms. The number of likely N-dealkylation sites (tertiary alicyclic amines) is 1. The Balaban J connectivity index is 2.57. The van der Waals surface area contributed by atoms with Crippen molar-refractivity contribution in [3.8, 4) is 0 Å². The average molecular weight is 214 g/mol. The average Bonchev–Trinajstić information content (AvgIpc) is 2.17. The molecule has 0 aromatic heterocycles. The van der Waals surface area contributed by atoms with Gasteiger partial charge >= 0.3 is 0 Å². The third-order valence-electron chi connectivity index (χ3n) is 3.39. The second-order valence-corrected chi connectivity index (χ2v) is 4.69. The van der Waals surface area contributed by atoms with E-state index in [1.165, 1.54) is 0 Å². The Kier molecular flexibility index (Phi) is 3.34. The van der Waals surface area contributed by atoms with E-state index in [-0.39, 0.29) is 11.8 Å². The number of amides is 1. The van der Waals surface area contributed by atoms with E-state index in [2.05, 4.69) is 0 Å². The quantitative estimate of drug-likeness (QED) is 0.535. The van der Waals surface area contributed by atoms with Crippen LogP contribution in [0.15, 0.2) is 0 Å². The molecular weight excluding hydrogens is 196 g/mol. The molecule has 0 unspecified atom stereocenters. The van der Waals surface area contributed by atoms with Crippen molar-refractivity contribution in [2.24, 2.45) is 11.7 Å². The first-order valence-electron chi connectivity index (χ1n) is 5.21. The Morgan fingerprint density at radius 1 is 1.33 bits per heavy atom. The van der Waals surface area contributed by atoms with E-state index in [4.69, 9.17) is 5.73 Å². The van der Waals surface area contributed by atoms with Gasteiger partial charge in [-0.05, 0) is 13.8 Å². The zero-order chi connectivity index (χ0) is 11.6. The molecule has 1 fully saturated rings. The summed E-state index contributed by atoms with van der Waals surface area (Å²) in [6, 6.07) is 0. The molecule has 5 nitrogen and oxygen atoms in total. The highest BCUT2D eigenvalue weighted by atomic mass is 16.4. The van der Waals surface area contributed by atoms with Crippen molar-refractivity contribution >= 4 is 11.9 Å². The highest BCUT2D eigenvalue weighted by Crippen LogP contribution is 2.10. The number of carbonyl (C=O) groups excluding carboxylic acids is 2. The van der Waals surface area contributed by atoms with Gasteiger partial charge in [0.2, 0.25) is 5.91 Å². The zero-order valence-electron chi connectivity index (χ0n) is 9.21. The Hall–Kier alpha value is -1.10. The molecule has 1 saturated heterocycles. The van der Waals surface area contributed by atoms with Crippen LogP contribution >= 0.6 is 0 Å². The van der Waals surface area contributed by atoms with E-state index in [0.29, 0.717) is 25.9 Å². The summed E-state index contributed by atoms with van der Waals surface area (Å²) in [4.78, 5) is 22.8. The summed E-state index contributed by atoms with van der Waals surface area (Å²) in [5.41, 5.74) is 4.32. The molecule has 1 heterocycles. The summed E-state index contributed by atoms with van der Waals surface area (Å²) in [6.07, 6.45) is 1.34. The van der Waals surface area contributed by atoms with E-state index in [0.717, 1.165) is 4.90 Å². The molecule has 86 valence electrons. The normalized spacial score (nSPS) is 27.3. The maximum Gasteiger partial charge on any atom is 0.220 e. The Morgan fingerprint density at radius 3 is 2.13 bits per heavy atom. The van der Waals surface area contributed by atoms with Crippen molar-refractivity contribution < 1.29 is 19.6 Å². The lowest BCUT2D eigenvalue weighted by Gasteiger charge is -2.39. The third kappa shape index (κ3) is 2.47. The molecule has 5 heteroatoms. The van der Waals surface area contributed by atoms with Gasteiger partial charge in [0.25, 0.3) is 0 Å². The fourth-order valence-corrected chi connectivity index (χ4v) is 2.02. The van der Waals surface area contributed by atoms with Crippen LogP contribution in [-0.4, -0.2) is 30.5 Å². The standard InChI is InChI=1S/C10H18N2O3/c1-10(2,9(14)15)12-5-3-7(4-6-12)8(11)13/h7H,3-6H2,1-2H3,(H2,11,13)(H,14,15). The lowest BCUT2D eigenvalue weighted by molar-refractivity contribution is -0.946. The minimum Gasteiger partial charge on any atom is -0.544 e. The zero-order valence-corrected chi connectivity index (χ0v) is 9.21. The number of rotatable bonds is 3. The van der Waals surface area contributed by atoms with E-state index < -0.39 is 11.5 Å². The summed E-state index contributed by atoms with van der Waals surface area (Å²) in [6.45, 7) is 4.63. The first-order chi connectivity index (χ1) is 6.85. The molecule has 0 radical (unpaired) electrons. The van der Waals surface area contributed by atoms with Gasteiger partial charge in [-0.25, -0.2) is 0 Å². The van der Waals surface area contributed by atoms with Crippen LogP contribution in [0.25, 0.3) is 0 Å². The smallest absolute Gasteiger partial charge is 0.220 e. The molecule has 1 aliphatic rings. The number of piperidine rings is 1. The van der Waals surface area contributed by atoms with Crippen molar-refractivity contribution in [3.05, 3.63) is 0 Å². The predicted molar refractivity (Wildman–Crippen MR) is 51.7 cm³/mol. The molecule has 1 amide bonds. The second-order valence-electron chi connectivity index (χ2n) is 4.69. The number of nitrogens with two attached hydrogens (primary N) is 1. The summed E-state index contributed by atoms with van der Waals surface area (Å²) in [5.74, 6) is -1.42.